The Hall–Kier alpha value is -4.52. The SMILES string of the molecule is CCCNC(=O)[C@H](C)N(Cc1ccccc1F)C(=O)CN(c1cc(OC)ccc1OC)S(=O)(=O)c1ccc(OC)c(OC)c1. The van der Waals surface area contributed by atoms with Crippen LogP contribution in [0.25, 0.3) is 0 Å². The van der Waals surface area contributed by atoms with Crippen molar-refractivity contribution in [1.82, 2.24) is 10.2 Å². The molecule has 1 atom stereocenters. The number of hydrogen-bond acceptors (Lipinski definition) is 8. The molecule has 13 heteroatoms. The minimum atomic E-state index is -4.50. The summed E-state index contributed by atoms with van der Waals surface area (Å²) in [7, 11) is 1.06. The maximum absolute atomic E-state index is 14.7. The van der Waals surface area contributed by atoms with Crippen molar-refractivity contribution in [1.29, 1.82) is 0 Å². The van der Waals surface area contributed by atoms with Gasteiger partial charge >= 0.3 is 0 Å². The molecule has 11 nitrogen and oxygen atoms in total. The van der Waals surface area contributed by atoms with Gasteiger partial charge in [0.2, 0.25) is 11.8 Å². The Morgan fingerprint density at radius 3 is 2.16 bits per heavy atom. The number of hydrogen-bond donors (Lipinski definition) is 1. The topological polar surface area (TPSA) is 124 Å². The van der Waals surface area contributed by atoms with E-state index in [4.69, 9.17) is 18.9 Å². The van der Waals surface area contributed by atoms with Gasteiger partial charge in [0.1, 0.15) is 29.9 Å². The summed E-state index contributed by atoms with van der Waals surface area (Å²) >= 11 is 0. The van der Waals surface area contributed by atoms with Crippen molar-refractivity contribution >= 4 is 27.5 Å². The highest BCUT2D eigenvalue weighted by atomic mass is 32.2. The zero-order valence-electron chi connectivity index (χ0n) is 25.6. The van der Waals surface area contributed by atoms with Crippen molar-refractivity contribution in [3.8, 4) is 23.0 Å². The third-order valence-electron chi connectivity index (χ3n) is 6.89. The lowest BCUT2D eigenvalue weighted by atomic mass is 10.1. The molecule has 0 unspecified atom stereocenters. The molecule has 3 rings (SSSR count). The number of sulfonamides is 1. The van der Waals surface area contributed by atoms with E-state index in [1.165, 1.54) is 83.9 Å². The van der Waals surface area contributed by atoms with E-state index in [9.17, 15) is 22.4 Å². The fourth-order valence-corrected chi connectivity index (χ4v) is 5.83. The Morgan fingerprint density at radius 2 is 1.55 bits per heavy atom. The smallest absolute Gasteiger partial charge is 0.265 e. The lowest BCUT2D eigenvalue weighted by Gasteiger charge is -2.32. The van der Waals surface area contributed by atoms with E-state index in [0.717, 1.165) is 9.21 Å². The minimum Gasteiger partial charge on any atom is -0.497 e. The molecule has 0 aliphatic carbocycles. The van der Waals surface area contributed by atoms with E-state index in [1.807, 2.05) is 6.92 Å². The first-order chi connectivity index (χ1) is 21.0. The molecule has 44 heavy (non-hydrogen) atoms. The number of anilines is 1. The molecule has 0 heterocycles. The largest absolute Gasteiger partial charge is 0.497 e. The highest BCUT2D eigenvalue weighted by molar-refractivity contribution is 7.92. The van der Waals surface area contributed by atoms with Crippen LogP contribution in [0.2, 0.25) is 0 Å². The molecule has 1 N–H and O–H groups in total. The average molecular weight is 632 g/mol. The molecule has 0 radical (unpaired) electrons. The van der Waals surface area contributed by atoms with Crippen LogP contribution in [-0.2, 0) is 26.2 Å². The van der Waals surface area contributed by atoms with Crippen molar-refractivity contribution < 1.29 is 41.3 Å². The maximum atomic E-state index is 14.7. The number of carbonyl (C=O) groups excluding carboxylic acids is 2. The molecule has 0 saturated carbocycles. The van der Waals surface area contributed by atoms with E-state index in [1.54, 1.807) is 12.1 Å². The second kappa shape index (κ2) is 15.3. The molecule has 0 bridgehead atoms. The summed E-state index contributed by atoms with van der Waals surface area (Å²) in [5.41, 5.74) is 0.160. The molecule has 0 aromatic heterocycles. The first-order valence-corrected chi connectivity index (χ1v) is 15.2. The van der Waals surface area contributed by atoms with Gasteiger partial charge < -0.3 is 29.2 Å². The van der Waals surface area contributed by atoms with Crippen molar-refractivity contribution in [2.45, 2.75) is 37.8 Å². The van der Waals surface area contributed by atoms with E-state index in [2.05, 4.69) is 5.32 Å². The van der Waals surface area contributed by atoms with Crippen molar-refractivity contribution in [3.63, 3.8) is 0 Å². The summed E-state index contributed by atoms with van der Waals surface area (Å²) in [6.45, 7) is 2.70. The Kier molecular flexibility index (Phi) is 11.8. The molecule has 3 aromatic rings. The van der Waals surface area contributed by atoms with E-state index >= 15 is 0 Å². The third-order valence-corrected chi connectivity index (χ3v) is 8.65. The van der Waals surface area contributed by atoms with E-state index in [0.29, 0.717) is 24.5 Å². The average Bonchev–Trinajstić information content (AvgIpc) is 3.04. The summed E-state index contributed by atoms with van der Waals surface area (Å²) in [6.07, 6.45) is 0.659. The summed E-state index contributed by atoms with van der Waals surface area (Å²) in [6, 6.07) is 13.3. The number of nitrogens with zero attached hydrogens (tertiary/aromatic N) is 2. The summed E-state index contributed by atoms with van der Waals surface area (Å²) in [5, 5.41) is 2.75. The van der Waals surface area contributed by atoms with Gasteiger partial charge in [0.05, 0.1) is 39.0 Å². The normalized spacial score (nSPS) is 11.7. The lowest BCUT2D eigenvalue weighted by molar-refractivity contribution is -0.139. The summed E-state index contributed by atoms with van der Waals surface area (Å²) in [5.74, 6) is -0.911. The summed E-state index contributed by atoms with van der Waals surface area (Å²) < 4.78 is 65.6. The Morgan fingerprint density at radius 1 is 0.886 bits per heavy atom. The predicted molar refractivity (Wildman–Crippen MR) is 163 cm³/mol. The van der Waals surface area contributed by atoms with E-state index in [-0.39, 0.29) is 34.2 Å². The van der Waals surface area contributed by atoms with Gasteiger partial charge in [0, 0.05) is 30.8 Å². The minimum absolute atomic E-state index is 0.00362. The van der Waals surface area contributed by atoms with Crippen molar-refractivity contribution in [2.24, 2.45) is 0 Å². The van der Waals surface area contributed by atoms with Crippen LogP contribution >= 0.6 is 0 Å². The van der Waals surface area contributed by atoms with Crippen LogP contribution in [-0.4, -0.2) is 72.7 Å². The molecule has 238 valence electrons. The van der Waals surface area contributed by atoms with Crippen LogP contribution in [0.5, 0.6) is 23.0 Å². The second-order valence-electron chi connectivity index (χ2n) is 9.65. The quantitative estimate of drug-likeness (QED) is 0.267. The zero-order chi connectivity index (χ0) is 32.4. The number of benzene rings is 3. The van der Waals surface area contributed by atoms with Gasteiger partial charge in [0.15, 0.2) is 11.5 Å². The number of nitrogens with one attached hydrogen (secondary N) is 1. The Labute approximate surface area is 257 Å². The highest BCUT2D eigenvalue weighted by Gasteiger charge is 2.35. The molecule has 0 aliphatic rings. The van der Waals surface area contributed by atoms with Gasteiger partial charge in [-0.05, 0) is 43.7 Å². The number of methoxy groups -OCH3 is 4. The fraction of sp³-hybridized carbons (Fsp3) is 0.355. The van der Waals surface area contributed by atoms with Crippen molar-refractivity contribution in [3.05, 3.63) is 72.0 Å². The number of ether oxygens (including phenoxy) is 4. The van der Waals surface area contributed by atoms with Crippen LogP contribution in [0.3, 0.4) is 0 Å². The molecular weight excluding hydrogens is 593 g/mol. The van der Waals surface area contributed by atoms with E-state index < -0.39 is 40.2 Å². The van der Waals surface area contributed by atoms with Gasteiger partial charge in [-0.25, -0.2) is 12.8 Å². The van der Waals surface area contributed by atoms with Gasteiger partial charge in [0.25, 0.3) is 10.0 Å². The van der Waals surface area contributed by atoms with Crippen LogP contribution in [0.1, 0.15) is 25.8 Å². The van der Waals surface area contributed by atoms with Crippen LogP contribution in [0.15, 0.2) is 65.6 Å². The number of rotatable bonds is 15. The second-order valence-corrected chi connectivity index (χ2v) is 11.5. The zero-order valence-corrected chi connectivity index (χ0v) is 26.4. The first kappa shape index (κ1) is 34.0. The van der Waals surface area contributed by atoms with Crippen LogP contribution < -0.4 is 28.6 Å². The van der Waals surface area contributed by atoms with Gasteiger partial charge in [-0.15, -0.1) is 0 Å². The summed E-state index contributed by atoms with van der Waals surface area (Å²) in [4.78, 5) is 28.1. The first-order valence-electron chi connectivity index (χ1n) is 13.8. The number of halogens is 1. The Balaban J connectivity index is 2.17. The molecule has 0 aliphatic heterocycles. The van der Waals surface area contributed by atoms with Gasteiger partial charge in [-0.2, -0.15) is 0 Å². The molecule has 0 saturated heterocycles. The van der Waals surface area contributed by atoms with Gasteiger partial charge in [-0.3, -0.25) is 13.9 Å². The molecule has 3 aromatic carbocycles. The van der Waals surface area contributed by atoms with Crippen molar-refractivity contribution in [2.75, 3.05) is 45.8 Å². The third kappa shape index (κ3) is 7.70. The molecule has 0 fully saturated rings. The lowest BCUT2D eigenvalue weighted by Crippen LogP contribution is -2.51. The van der Waals surface area contributed by atoms with Gasteiger partial charge in [-0.1, -0.05) is 25.1 Å². The number of amides is 2. The fourth-order valence-electron chi connectivity index (χ4n) is 4.40. The number of carbonyl (C=O) groups is 2. The highest BCUT2D eigenvalue weighted by Crippen LogP contribution is 2.37. The maximum Gasteiger partial charge on any atom is 0.265 e. The standard InChI is InChI=1S/C31H38FN3O8S/c1-7-16-33-31(37)21(2)34(19-22-10-8-9-11-25(22)32)30(36)20-35(26-17-23(40-3)12-14-27(26)41-4)44(38,39)24-13-15-28(42-5)29(18-24)43-6/h8-15,17-18,21H,7,16,19-20H2,1-6H3,(H,33,37)/t21-/m0/s1. The monoisotopic (exact) mass is 631 g/mol. The van der Waals surface area contributed by atoms with Crippen LogP contribution in [0, 0.1) is 5.82 Å². The molecule has 2 amide bonds. The van der Waals surface area contributed by atoms with Crippen LogP contribution in [0.4, 0.5) is 10.1 Å². The Bertz CT molecular complexity index is 1570. The molecule has 0 spiro atoms. The predicted octanol–water partition coefficient (Wildman–Crippen LogP) is 4.00. The molecular formula is C31H38FN3O8S.